The smallest absolute Gasteiger partial charge is 0.161 e. The number of anilines is 1. The van der Waals surface area contributed by atoms with E-state index in [0.29, 0.717) is 11.1 Å². The molecule has 108 valence electrons. The lowest BCUT2D eigenvalue weighted by Crippen LogP contribution is -2.34. The Hall–Kier alpha value is -1.86. The molecule has 1 aromatic carbocycles. The lowest BCUT2D eigenvalue weighted by Gasteiger charge is -2.29. The standard InChI is InChI=1S/C16H23N3O/c1-12(20)14-7-6-13(9-17)8-15(14)18-10-16(2,3)11-19(4)5/h6-8,18H,10-11H2,1-5H3. The quantitative estimate of drug-likeness (QED) is 0.810. The van der Waals surface area contributed by atoms with E-state index in [4.69, 9.17) is 5.26 Å². The first-order valence-corrected chi connectivity index (χ1v) is 6.69. The predicted octanol–water partition coefficient (Wildman–Crippen LogP) is 2.76. The van der Waals surface area contributed by atoms with Crippen molar-refractivity contribution in [2.24, 2.45) is 5.41 Å². The van der Waals surface area contributed by atoms with E-state index in [0.717, 1.165) is 18.8 Å². The van der Waals surface area contributed by atoms with Gasteiger partial charge in [0.25, 0.3) is 0 Å². The largest absolute Gasteiger partial charge is 0.384 e. The highest BCUT2D eigenvalue weighted by molar-refractivity contribution is 5.99. The van der Waals surface area contributed by atoms with Crippen LogP contribution in [-0.4, -0.2) is 37.9 Å². The van der Waals surface area contributed by atoms with E-state index in [1.165, 1.54) is 6.92 Å². The molecule has 1 N–H and O–H groups in total. The fourth-order valence-electron chi connectivity index (χ4n) is 2.31. The third-order valence-corrected chi connectivity index (χ3v) is 3.03. The van der Waals surface area contributed by atoms with Gasteiger partial charge in [0.05, 0.1) is 11.6 Å². The third kappa shape index (κ3) is 4.67. The molecule has 1 aromatic rings. The van der Waals surface area contributed by atoms with Gasteiger partial charge in [0, 0.05) is 24.3 Å². The molecule has 0 bridgehead atoms. The van der Waals surface area contributed by atoms with E-state index in [-0.39, 0.29) is 11.2 Å². The van der Waals surface area contributed by atoms with E-state index in [2.05, 4.69) is 30.1 Å². The molecule has 0 fully saturated rings. The third-order valence-electron chi connectivity index (χ3n) is 3.03. The molecule has 0 amide bonds. The zero-order valence-electron chi connectivity index (χ0n) is 12.9. The fraction of sp³-hybridized carbons (Fsp3) is 0.500. The molecular formula is C16H23N3O. The van der Waals surface area contributed by atoms with Crippen LogP contribution in [0.15, 0.2) is 18.2 Å². The van der Waals surface area contributed by atoms with Crippen LogP contribution in [0.2, 0.25) is 0 Å². The van der Waals surface area contributed by atoms with Gasteiger partial charge >= 0.3 is 0 Å². The van der Waals surface area contributed by atoms with E-state index in [1.54, 1.807) is 18.2 Å². The predicted molar refractivity (Wildman–Crippen MR) is 82.0 cm³/mol. The molecule has 0 radical (unpaired) electrons. The molecule has 0 heterocycles. The Morgan fingerprint density at radius 2 is 2.05 bits per heavy atom. The van der Waals surface area contributed by atoms with Crippen molar-refractivity contribution >= 4 is 11.5 Å². The summed E-state index contributed by atoms with van der Waals surface area (Å²) in [4.78, 5) is 13.8. The molecule has 20 heavy (non-hydrogen) atoms. The lowest BCUT2D eigenvalue weighted by molar-refractivity contribution is 0.101. The second-order valence-corrected chi connectivity index (χ2v) is 6.18. The minimum atomic E-state index is 0.00223. The fourth-order valence-corrected chi connectivity index (χ4v) is 2.31. The van der Waals surface area contributed by atoms with E-state index >= 15 is 0 Å². The van der Waals surface area contributed by atoms with E-state index in [9.17, 15) is 4.79 Å². The van der Waals surface area contributed by atoms with Crippen molar-refractivity contribution in [3.8, 4) is 6.07 Å². The Kier molecular flexibility index (Phi) is 5.29. The number of nitrogens with zero attached hydrogens (tertiary/aromatic N) is 2. The summed E-state index contributed by atoms with van der Waals surface area (Å²) in [6.45, 7) is 7.55. The average Bonchev–Trinajstić information content (AvgIpc) is 2.34. The summed E-state index contributed by atoms with van der Waals surface area (Å²) in [5.74, 6) is 0.00223. The maximum Gasteiger partial charge on any atom is 0.161 e. The maximum absolute atomic E-state index is 11.6. The van der Waals surface area contributed by atoms with Crippen LogP contribution in [0.3, 0.4) is 0 Å². The summed E-state index contributed by atoms with van der Waals surface area (Å²) in [7, 11) is 4.08. The molecule has 4 nitrogen and oxygen atoms in total. The zero-order valence-corrected chi connectivity index (χ0v) is 12.9. The van der Waals surface area contributed by atoms with Gasteiger partial charge in [0.2, 0.25) is 0 Å². The number of carbonyl (C=O) groups is 1. The molecule has 4 heteroatoms. The molecule has 0 unspecified atom stereocenters. The van der Waals surface area contributed by atoms with Crippen molar-refractivity contribution in [2.75, 3.05) is 32.5 Å². The second kappa shape index (κ2) is 6.53. The van der Waals surface area contributed by atoms with Gasteiger partial charge in [0.15, 0.2) is 5.78 Å². The number of Topliss-reactive ketones (excluding diaryl/α,β-unsaturated/α-hetero) is 1. The van der Waals surface area contributed by atoms with Crippen molar-refractivity contribution in [3.63, 3.8) is 0 Å². The van der Waals surface area contributed by atoms with Crippen molar-refractivity contribution in [1.29, 1.82) is 5.26 Å². The summed E-state index contributed by atoms with van der Waals surface area (Å²) in [6, 6.07) is 7.23. The van der Waals surface area contributed by atoms with Crippen LogP contribution in [0.25, 0.3) is 0 Å². The maximum atomic E-state index is 11.6. The Morgan fingerprint density at radius 1 is 1.40 bits per heavy atom. The van der Waals surface area contributed by atoms with Crippen molar-refractivity contribution in [1.82, 2.24) is 4.90 Å². The molecule has 0 spiro atoms. The normalized spacial score (nSPS) is 11.2. The van der Waals surface area contributed by atoms with E-state index < -0.39 is 0 Å². The van der Waals surface area contributed by atoms with Crippen LogP contribution < -0.4 is 5.32 Å². The van der Waals surface area contributed by atoms with Crippen molar-refractivity contribution in [3.05, 3.63) is 29.3 Å². The van der Waals surface area contributed by atoms with Crippen LogP contribution in [-0.2, 0) is 0 Å². The number of hydrogen-bond acceptors (Lipinski definition) is 4. The van der Waals surface area contributed by atoms with Crippen LogP contribution in [0.4, 0.5) is 5.69 Å². The van der Waals surface area contributed by atoms with E-state index in [1.807, 2.05) is 14.1 Å². The van der Waals surface area contributed by atoms with Gasteiger partial charge in [0.1, 0.15) is 0 Å². The van der Waals surface area contributed by atoms with Gasteiger partial charge in [-0.1, -0.05) is 13.8 Å². The molecule has 0 aliphatic rings. The number of rotatable bonds is 6. The molecule has 0 saturated heterocycles. The number of hydrogen-bond donors (Lipinski definition) is 1. The first-order valence-electron chi connectivity index (χ1n) is 6.69. The molecule has 1 rings (SSSR count). The molecule has 0 atom stereocenters. The topological polar surface area (TPSA) is 56.1 Å². The van der Waals surface area contributed by atoms with Crippen LogP contribution in [0.1, 0.15) is 36.7 Å². The molecular weight excluding hydrogens is 250 g/mol. The van der Waals surface area contributed by atoms with Gasteiger partial charge in [-0.15, -0.1) is 0 Å². The van der Waals surface area contributed by atoms with Gasteiger partial charge in [-0.3, -0.25) is 4.79 Å². The highest BCUT2D eigenvalue weighted by Gasteiger charge is 2.19. The van der Waals surface area contributed by atoms with Gasteiger partial charge < -0.3 is 10.2 Å². The minimum Gasteiger partial charge on any atom is -0.384 e. The SMILES string of the molecule is CC(=O)c1ccc(C#N)cc1NCC(C)(C)CN(C)C. The second-order valence-electron chi connectivity index (χ2n) is 6.18. The Balaban J connectivity index is 2.91. The highest BCUT2D eigenvalue weighted by Crippen LogP contribution is 2.22. The number of ketones is 1. The van der Waals surface area contributed by atoms with Gasteiger partial charge in [-0.05, 0) is 44.6 Å². The monoisotopic (exact) mass is 273 g/mol. The summed E-state index contributed by atoms with van der Waals surface area (Å²) in [6.07, 6.45) is 0. The highest BCUT2D eigenvalue weighted by atomic mass is 16.1. The van der Waals surface area contributed by atoms with Gasteiger partial charge in [-0.2, -0.15) is 5.26 Å². The van der Waals surface area contributed by atoms with Gasteiger partial charge in [-0.25, -0.2) is 0 Å². The van der Waals surface area contributed by atoms with Crippen LogP contribution in [0.5, 0.6) is 0 Å². The summed E-state index contributed by atoms with van der Waals surface area (Å²) in [5.41, 5.74) is 2.00. The van der Waals surface area contributed by atoms with Crippen molar-refractivity contribution < 1.29 is 4.79 Å². The first-order chi connectivity index (χ1) is 9.25. The Labute approximate surface area is 121 Å². The molecule has 0 aliphatic carbocycles. The van der Waals surface area contributed by atoms with Crippen molar-refractivity contribution in [2.45, 2.75) is 20.8 Å². The zero-order chi connectivity index (χ0) is 15.3. The van der Waals surface area contributed by atoms with Crippen LogP contribution in [0, 0.1) is 16.7 Å². The average molecular weight is 273 g/mol. The minimum absolute atomic E-state index is 0.00223. The summed E-state index contributed by atoms with van der Waals surface area (Å²) < 4.78 is 0. The summed E-state index contributed by atoms with van der Waals surface area (Å²) >= 11 is 0. The number of nitriles is 1. The lowest BCUT2D eigenvalue weighted by atomic mass is 9.92. The summed E-state index contributed by atoms with van der Waals surface area (Å²) in [5, 5.41) is 12.3. The van der Waals surface area contributed by atoms with Crippen LogP contribution >= 0.6 is 0 Å². The number of carbonyl (C=O) groups excluding carboxylic acids is 1. The molecule has 0 aliphatic heterocycles. The Bertz CT molecular complexity index is 527. The Morgan fingerprint density at radius 3 is 2.55 bits per heavy atom. The first kappa shape index (κ1) is 16.2. The number of benzene rings is 1. The molecule has 0 saturated carbocycles. The number of nitrogens with one attached hydrogen (secondary N) is 1. The molecule has 0 aromatic heterocycles.